The van der Waals surface area contributed by atoms with Crippen molar-refractivity contribution in [2.45, 2.75) is 24.9 Å². The van der Waals surface area contributed by atoms with Crippen LogP contribution in [0.3, 0.4) is 0 Å². The Morgan fingerprint density at radius 2 is 1.93 bits per heavy atom. The molecule has 4 nitrogen and oxygen atoms in total. The molecule has 0 aromatic heterocycles. The minimum Gasteiger partial charge on any atom is -0.315 e. The Balaban J connectivity index is 1.70. The molecule has 1 saturated carbocycles. The van der Waals surface area contributed by atoms with E-state index in [0.717, 1.165) is 38.8 Å². The minimum absolute atomic E-state index is 0.317. The maximum absolute atomic E-state index is 8.60. The number of piperazine rings is 1. The third kappa shape index (κ3) is 2.44. The molecule has 1 atom stereocenters. The number of hydrogen-bond acceptors (Lipinski definition) is 4. The molecule has 0 bridgehead atoms. The molecule has 1 heterocycles. The van der Waals surface area contributed by atoms with Crippen LogP contribution in [-0.4, -0.2) is 54.6 Å². The van der Waals surface area contributed by atoms with Gasteiger partial charge in [0, 0.05) is 38.8 Å². The summed E-state index contributed by atoms with van der Waals surface area (Å²) in [6.07, 6.45) is 2.77. The number of nitriles is 1. The highest BCUT2D eigenvalue weighted by atomic mass is 15.3. The van der Waals surface area contributed by atoms with Crippen LogP contribution in [0.15, 0.2) is 0 Å². The molecule has 1 aliphatic heterocycles. The van der Waals surface area contributed by atoms with Crippen molar-refractivity contribution in [2.75, 3.05) is 32.7 Å². The summed E-state index contributed by atoms with van der Waals surface area (Å²) in [5, 5.41) is 8.60. The van der Waals surface area contributed by atoms with Crippen molar-refractivity contribution in [3.63, 3.8) is 0 Å². The third-order valence-corrected chi connectivity index (χ3v) is 3.09. The average molecular weight is 194 g/mol. The van der Waals surface area contributed by atoms with Crippen LogP contribution in [0, 0.1) is 11.3 Å². The van der Waals surface area contributed by atoms with Gasteiger partial charge in [-0.25, -0.2) is 0 Å². The van der Waals surface area contributed by atoms with E-state index in [1.165, 1.54) is 12.8 Å². The molecule has 0 amide bonds. The van der Waals surface area contributed by atoms with E-state index in [0.29, 0.717) is 0 Å². The van der Waals surface area contributed by atoms with Crippen LogP contribution >= 0.6 is 0 Å². The minimum atomic E-state index is -0.317. The highest BCUT2D eigenvalue weighted by molar-refractivity contribution is 4.92. The van der Waals surface area contributed by atoms with Crippen molar-refractivity contribution in [2.24, 2.45) is 5.73 Å². The molecule has 2 fully saturated rings. The van der Waals surface area contributed by atoms with Gasteiger partial charge in [0.1, 0.15) is 6.04 Å². The van der Waals surface area contributed by atoms with Gasteiger partial charge in [-0.3, -0.25) is 9.80 Å². The number of nitrogens with two attached hydrogens (primary N) is 1. The first-order valence-corrected chi connectivity index (χ1v) is 5.41. The van der Waals surface area contributed by atoms with E-state index in [-0.39, 0.29) is 6.04 Å². The van der Waals surface area contributed by atoms with Crippen LogP contribution in [0.2, 0.25) is 0 Å². The van der Waals surface area contributed by atoms with E-state index in [9.17, 15) is 0 Å². The van der Waals surface area contributed by atoms with Gasteiger partial charge >= 0.3 is 0 Å². The molecule has 2 aliphatic rings. The fourth-order valence-electron chi connectivity index (χ4n) is 2.07. The summed E-state index contributed by atoms with van der Waals surface area (Å²) in [7, 11) is 0. The molecule has 2 N–H and O–H groups in total. The van der Waals surface area contributed by atoms with Crippen LogP contribution in [0.5, 0.6) is 0 Å². The Morgan fingerprint density at radius 1 is 1.29 bits per heavy atom. The Labute approximate surface area is 85.3 Å². The van der Waals surface area contributed by atoms with E-state index >= 15 is 0 Å². The molecule has 1 saturated heterocycles. The lowest BCUT2D eigenvalue weighted by molar-refractivity contribution is 0.125. The average Bonchev–Trinajstić information content (AvgIpc) is 3.02. The number of hydrogen-bond donors (Lipinski definition) is 1. The third-order valence-electron chi connectivity index (χ3n) is 3.09. The van der Waals surface area contributed by atoms with Gasteiger partial charge in [-0.1, -0.05) is 0 Å². The predicted molar refractivity (Wildman–Crippen MR) is 54.6 cm³/mol. The first-order valence-electron chi connectivity index (χ1n) is 5.41. The van der Waals surface area contributed by atoms with Gasteiger partial charge in [0.25, 0.3) is 0 Å². The van der Waals surface area contributed by atoms with Crippen LogP contribution in [-0.2, 0) is 0 Å². The van der Waals surface area contributed by atoms with Crippen molar-refractivity contribution in [1.29, 1.82) is 5.26 Å². The molecule has 0 aromatic carbocycles. The fraction of sp³-hybridized carbons (Fsp3) is 0.900. The summed E-state index contributed by atoms with van der Waals surface area (Å²) in [6, 6.07) is 2.64. The van der Waals surface area contributed by atoms with E-state index in [2.05, 4.69) is 15.9 Å². The SMILES string of the molecule is N#CC(N)CN1CCN(C2CC2)CC1. The second-order valence-corrected chi connectivity index (χ2v) is 4.30. The van der Waals surface area contributed by atoms with Crippen LogP contribution in [0.25, 0.3) is 0 Å². The largest absolute Gasteiger partial charge is 0.315 e. The van der Waals surface area contributed by atoms with E-state index < -0.39 is 0 Å². The molecule has 14 heavy (non-hydrogen) atoms. The summed E-state index contributed by atoms with van der Waals surface area (Å²) < 4.78 is 0. The van der Waals surface area contributed by atoms with E-state index in [1.54, 1.807) is 0 Å². The van der Waals surface area contributed by atoms with Gasteiger partial charge in [-0.2, -0.15) is 5.26 Å². The Kier molecular flexibility index (Phi) is 3.02. The molecule has 1 unspecified atom stereocenters. The molecular weight excluding hydrogens is 176 g/mol. The Hall–Kier alpha value is -0.630. The van der Waals surface area contributed by atoms with Crippen molar-refractivity contribution in [3.8, 4) is 6.07 Å². The fourth-order valence-corrected chi connectivity index (χ4v) is 2.07. The van der Waals surface area contributed by atoms with Crippen LogP contribution in [0.4, 0.5) is 0 Å². The van der Waals surface area contributed by atoms with Gasteiger partial charge in [0.15, 0.2) is 0 Å². The van der Waals surface area contributed by atoms with Gasteiger partial charge in [-0.05, 0) is 12.8 Å². The smallest absolute Gasteiger partial charge is 0.106 e. The van der Waals surface area contributed by atoms with Crippen LogP contribution in [0.1, 0.15) is 12.8 Å². The second-order valence-electron chi connectivity index (χ2n) is 4.30. The lowest BCUT2D eigenvalue weighted by Gasteiger charge is -2.35. The first kappa shape index (κ1) is 9.91. The molecule has 4 heteroatoms. The molecule has 0 spiro atoms. The maximum atomic E-state index is 8.60. The first-order chi connectivity index (χ1) is 6.79. The van der Waals surface area contributed by atoms with E-state index in [1.807, 2.05) is 0 Å². The van der Waals surface area contributed by atoms with E-state index in [4.69, 9.17) is 11.0 Å². The maximum Gasteiger partial charge on any atom is 0.106 e. The normalized spacial score (nSPS) is 27.1. The molecular formula is C10H18N4. The molecule has 2 rings (SSSR count). The summed E-state index contributed by atoms with van der Waals surface area (Å²) >= 11 is 0. The molecule has 0 radical (unpaired) electrons. The van der Waals surface area contributed by atoms with Crippen LogP contribution < -0.4 is 5.73 Å². The van der Waals surface area contributed by atoms with Crippen molar-refractivity contribution in [3.05, 3.63) is 0 Å². The summed E-state index contributed by atoms with van der Waals surface area (Å²) in [6.45, 7) is 5.19. The molecule has 0 aromatic rings. The standard InChI is InChI=1S/C10H18N4/c11-7-9(12)8-13-3-5-14(6-4-13)10-1-2-10/h9-10H,1-6,8,12H2. The lowest BCUT2D eigenvalue weighted by Crippen LogP contribution is -2.50. The zero-order valence-electron chi connectivity index (χ0n) is 8.52. The molecule has 78 valence electrons. The molecule has 1 aliphatic carbocycles. The predicted octanol–water partition coefficient (Wildman–Crippen LogP) is -0.383. The Bertz CT molecular complexity index is 223. The van der Waals surface area contributed by atoms with Gasteiger partial charge in [0.2, 0.25) is 0 Å². The zero-order valence-corrected chi connectivity index (χ0v) is 8.52. The van der Waals surface area contributed by atoms with Crippen molar-refractivity contribution < 1.29 is 0 Å². The van der Waals surface area contributed by atoms with Crippen molar-refractivity contribution >= 4 is 0 Å². The Morgan fingerprint density at radius 3 is 2.43 bits per heavy atom. The van der Waals surface area contributed by atoms with Gasteiger partial charge < -0.3 is 5.73 Å². The van der Waals surface area contributed by atoms with Crippen molar-refractivity contribution in [1.82, 2.24) is 9.80 Å². The lowest BCUT2D eigenvalue weighted by atomic mass is 10.2. The number of nitrogens with zero attached hydrogens (tertiary/aromatic N) is 3. The highest BCUT2D eigenvalue weighted by Crippen LogP contribution is 2.27. The summed E-state index contributed by atoms with van der Waals surface area (Å²) in [5.41, 5.74) is 5.59. The highest BCUT2D eigenvalue weighted by Gasteiger charge is 2.31. The topological polar surface area (TPSA) is 56.3 Å². The zero-order chi connectivity index (χ0) is 9.97. The van der Waals surface area contributed by atoms with Gasteiger partial charge in [0.05, 0.1) is 6.07 Å². The monoisotopic (exact) mass is 194 g/mol. The second kappa shape index (κ2) is 4.26. The van der Waals surface area contributed by atoms with Gasteiger partial charge in [-0.15, -0.1) is 0 Å². The summed E-state index contributed by atoms with van der Waals surface area (Å²) in [4.78, 5) is 4.86. The quantitative estimate of drug-likeness (QED) is 0.665. The number of rotatable bonds is 3. The summed E-state index contributed by atoms with van der Waals surface area (Å²) in [5.74, 6) is 0.